The van der Waals surface area contributed by atoms with Crippen LogP contribution in [0.25, 0.3) is 17.3 Å². The Labute approximate surface area is 110 Å². The molecule has 98 valence electrons. The summed E-state index contributed by atoms with van der Waals surface area (Å²) in [5.74, 6) is -0.120. The summed E-state index contributed by atoms with van der Waals surface area (Å²) in [5.41, 5.74) is 2.26. The molecule has 0 amide bonds. The highest BCUT2D eigenvalue weighted by molar-refractivity contribution is 5.62. The van der Waals surface area contributed by atoms with Gasteiger partial charge in [0.25, 0.3) is 0 Å². The number of halogens is 1. The van der Waals surface area contributed by atoms with Crippen LogP contribution in [0.15, 0.2) is 42.2 Å². The lowest BCUT2D eigenvalue weighted by atomic mass is 10.1. The number of aromatic nitrogens is 2. The zero-order chi connectivity index (χ0) is 13.7. The second-order valence-electron chi connectivity index (χ2n) is 3.83. The summed E-state index contributed by atoms with van der Waals surface area (Å²) in [6.45, 7) is -0.592. The molecule has 0 spiro atoms. The number of benzene rings is 1. The Morgan fingerprint density at radius 1 is 1.21 bits per heavy atom. The number of nitrogens with zero attached hydrogens (tertiary/aromatic N) is 2. The van der Waals surface area contributed by atoms with Crippen LogP contribution in [-0.2, 0) is 0 Å². The molecule has 1 aromatic carbocycles. The SMILES string of the molecule is COc1ccc(-c2ccc(/C=C(/F)CO)cc2)nn1. The van der Waals surface area contributed by atoms with E-state index < -0.39 is 12.4 Å². The van der Waals surface area contributed by atoms with E-state index in [0.717, 1.165) is 5.56 Å². The molecule has 0 aliphatic carbocycles. The average molecular weight is 260 g/mol. The van der Waals surface area contributed by atoms with Gasteiger partial charge in [0, 0.05) is 11.6 Å². The molecule has 0 atom stereocenters. The number of aliphatic hydroxyl groups is 1. The number of hydrogen-bond donors (Lipinski definition) is 1. The van der Waals surface area contributed by atoms with Gasteiger partial charge in [0.15, 0.2) is 0 Å². The van der Waals surface area contributed by atoms with Crippen molar-refractivity contribution in [2.24, 2.45) is 0 Å². The summed E-state index contributed by atoms with van der Waals surface area (Å²) in [7, 11) is 1.53. The Balaban J connectivity index is 2.22. The van der Waals surface area contributed by atoms with Crippen molar-refractivity contribution in [3.05, 3.63) is 47.8 Å². The van der Waals surface area contributed by atoms with Gasteiger partial charge in [-0.3, -0.25) is 0 Å². The smallest absolute Gasteiger partial charge is 0.233 e. The highest BCUT2D eigenvalue weighted by Gasteiger charge is 2.01. The van der Waals surface area contributed by atoms with E-state index in [2.05, 4.69) is 10.2 Å². The Morgan fingerprint density at radius 3 is 2.47 bits per heavy atom. The molecular weight excluding hydrogens is 247 g/mol. The van der Waals surface area contributed by atoms with Gasteiger partial charge < -0.3 is 9.84 Å². The van der Waals surface area contributed by atoms with Crippen LogP contribution >= 0.6 is 0 Å². The zero-order valence-corrected chi connectivity index (χ0v) is 10.4. The summed E-state index contributed by atoms with van der Waals surface area (Å²) < 4.78 is 17.8. The fraction of sp³-hybridized carbons (Fsp3) is 0.143. The van der Waals surface area contributed by atoms with Crippen molar-refractivity contribution in [2.45, 2.75) is 0 Å². The van der Waals surface area contributed by atoms with Crippen LogP contribution in [0.5, 0.6) is 5.88 Å². The number of ether oxygens (including phenoxy) is 1. The molecule has 2 aromatic rings. The molecule has 2 rings (SSSR count). The van der Waals surface area contributed by atoms with Crippen molar-refractivity contribution in [1.82, 2.24) is 10.2 Å². The maximum absolute atomic E-state index is 12.9. The first kappa shape index (κ1) is 13.2. The number of aliphatic hydroxyl groups excluding tert-OH is 1. The molecule has 0 radical (unpaired) electrons. The van der Waals surface area contributed by atoms with E-state index in [1.807, 2.05) is 12.1 Å². The van der Waals surface area contributed by atoms with E-state index in [9.17, 15) is 4.39 Å². The summed E-state index contributed by atoms with van der Waals surface area (Å²) in [5, 5.41) is 16.5. The predicted molar refractivity (Wildman–Crippen MR) is 70.2 cm³/mol. The maximum Gasteiger partial charge on any atom is 0.233 e. The van der Waals surface area contributed by atoms with Crippen LogP contribution in [0.4, 0.5) is 4.39 Å². The molecule has 5 heteroatoms. The van der Waals surface area contributed by atoms with E-state index >= 15 is 0 Å². The van der Waals surface area contributed by atoms with Gasteiger partial charge in [-0.15, -0.1) is 10.2 Å². The lowest BCUT2D eigenvalue weighted by molar-refractivity contribution is 0.300. The Kier molecular flexibility index (Phi) is 4.20. The highest BCUT2D eigenvalue weighted by atomic mass is 19.1. The molecule has 0 fully saturated rings. The third-order valence-electron chi connectivity index (χ3n) is 2.53. The second kappa shape index (κ2) is 6.06. The summed E-state index contributed by atoms with van der Waals surface area (Å²) in [6.07, 6.45) is 1.28. The first-order valence-electron chi connectivity index (χ1n) is 5.68. The minimum absolute atomic E-state index is 0.452. The summed E-state index contributed by atoms with van der Waals surface area (Å²) >= 11 is 0. The van der Waals surface area contributed by atoms with Crippen LogP contribution < -0.4 is 4.74 Å². The van der Waals surface area contributed by atoms with E-state index in [1.54, 1.807) is 24.3 Å². The topological polar surface area (TPSA) is 55.2 Å². The molecule has 19 heavy (non-hydrogen) atoms. The van der Waals surface area contributed by atoms with Crippen molar-refractivity contribution in [3.63, 3.8) is 0 Å². The minimum Gasteiger partial charge on any atom is -0.480 e. The Hall–Kier alpha value is -2.27. The molecule has 4 nitrogen and oxygen atoms in total. The summed E-state index contributed by atoms with van der Waals surface area (Å²) in [4.78, 5) is 0. The molecule has 0 bridgehead atoms. The third kappa shape index (κ3) is 3.35. The number of rotatable bonds is 4. The monoisotopic (exact) mass is 260 g/mol. The molecule has 0 aliphatic heterocycles. The lowest BCUT2D eigenvalue weighted by Crippen LogP contribution is -1.92. The standard InChI is InChI=1S/C14H13FN2O2/c1-19-14-7-6-13(16-17-14)11-4-2-10(3-5-11)8-12(15)9-18/h2-8,18H,9H2,1H3/b12-8+. The third-order valence-corrected chi connectivity index (χ3v) is 2.53. The van der Waals surface area contributed by atoms with Crippen LogP contribution in [0.1, 0.15) is 5.56 Å². The Morgan fingerprint density at radius 2 is 1.95 bits per heavy atom. The number of hydrogen-bond acceptors (Lipinski definition) is 4. The van der Waals surface area contributed by atoms with E-state index in [4.69, 9.17) is 9.84 Å². The minimum atomic E-state index is -0.592. The Bertz CT molecular complexity index is 565. The normalized spacial score (nSPS) is 11.4. The first-order valence-corrected chi connectivity index (χ1v) is 5.68. The van der Waals surface area contributed by atoms with Gasteiger partial charge in [-0.25, -0.2) is 4.39 Å². The fourth-order valence-corrected chi connectivity index (χ4v) is 1.56. The van der Waals surface area contributed by atoms with E-state index in [1.165, 1.54) is 13.2 Å². The van der Waals surface area contributed by atoms with Gasteiger partial charge in [0.2, 0.25) is 5.88 Å². The van der Waals surface area contributed by atoms with Crippen LogP contribution in [0.2, 0.25) is 0 Å². The molecule has 0 unspecified atom stereocenters. The average Bonchev–Trinajstić information content (AvgIpc) is 2.48. The van der Waals surface area contributed by atoms with Crippen LogP contribution in [0.3, 0.4) is 0 Å². The van der Waals surface area contributed by atoms with Crippen molar-refractivity contribution in [3.8, 4) is 17.1 Å². The van der Waals surface area contributed by atoms with Gasteiger partial charge in [-0.2, -0.15) is 0 Å². The van der Waals surface area contributed by atoms with Gasteiger partial charge in [-0.05, 0) is 17.7 Å². The number of methoxy groups -OCH3 is 1. The zero-order valence-electron chi connectivity index (χ0n) is 10.4. The molecule has 1 heterocycles. The molecule has 1 aromatic heterocycles. The lowest BCUT2D eigenvalue weighted by Gasteiger charge is -2.02. The van der Waals surface area contributed by atoms with Crippen LogP contribution in [-0.4, -0.2) is 29.0 Å². The second-order valence-corrected chi connectivity index (χ2v) is 3.83. The van der Waals surface area contributed by atoms with Gasteiger partial charge in [0.1, 0.15) is 5.83 Å². The van der Waals surface area contributed by atoms with E-state index in [0.29, 0.717) is 17.1 Å². The quantitative estimate of drug-likeness (QED) is 0.917. The maximum atomic E-state index is 12.9. The highest BCUT2D eigenvalue weighted by Crippen LogP contribution is 2.19. The van der Waals surface area contributed by atoms with Crippen molar-refractivity contribution in [2.75, 3.05) is 13.7 Å². The molecular formula is C14H13FN2O2. The van der Waals surface area contributed by atoms with Crippen molar-refractivity contribution >= 4 is 6.08 Å². The van der Waals surface area contributed by atoms with Gasteiger partial charge >= 0.3 is 0 Å². The van der Waals surface area contributed by atoms with E-state index in [-0.39, 0.29) is 0 Å². The van der Waals surface area contributed by atoms with Crippen molar-refractivity contribution < 1.29 is 14.2 Å². The predicted octanol–water partition coefficient (Wildman–Crippen LogP) is 2.45. The van der Waals surface area contributed by atoms with Gasteiger partial charge in [0.05, 0.1) is 19.4 Å². The molecule has 0 saturated heterocycles. The molecule has 1 N–H and O–H groups in total. The fourth-order valence-electron chi connectivity index (χ4n) is 1.56. The first-order chi connectivity index (χ1) is 9.22. The molecule has 0 aliphatic rings. The molecule has 0 saturated carbocycles. The summed E-state index contributed by atoms with van der Waals surface area (Å²) in [6, 6.07) is 10.6. The van der Waals surface area contributed by atoms with Gasteiger partial charge in [-0.1, -0.05) is 24.3 Å². The van der Waals surface area contributed by atoms with Crippen molar-refractivity contribution in [1.29, 1.82) is 0 Å². The van der Waals surface area contributed by atoms with Crippen LogP contribution in [0, 0.1) is 0 Å². The largest absolute Gasteiger partial charge is 0.480 e.